The van der Waals surface area contributed by atoms with E-state index in [2.05, 4.69) is 23.7 Å². The van der Waals surface area contributed by atoms with Gasteiger partial charge < -0.3 is 15.3 Å². The van der Waals surface area contributed by atoms with Crippen molar-refractivity contribution < 1.29 is 66.5 Å². The topological polar surface area (TPSA) is 197 Å². The van der Waals surface area contributed by atoms with Crippen molar-refractivity contribution in [2.75, 3.05) is 0 Å². The smallest absolute Gasteiger partial charge is 0.870 e. The van der Waals surface area contributed by atoms with Crippen LogP contribution in [0.25, 0.3) is 0 Å². The van der Waals surface area contributed by atoms with Gasteiger partial charge in [-0.25, -0.2) is 27.1 Å². The van der Waals surface area contributed by atoms with Gasteiger partial charge in [-0.1, -0.05) is 23.7 Å². The summed E-state index contributed by atoms with van der Waals surface area (Å²) in [6.07, 6.45) is 0. The standard InChI is InChI=1S/C16H13NO4S.C14H11NO3S.Na.H2O/c1-12(18)21-15-8-4-13(5-9-15)2-3-14-6-10-16(11-7-14)22(17,19)20;15-19(17,18)14-9-5-12(6-10-14)2-1-11-3-7-13(16)8-4-11;;/h4-11H,1H3,(H2,17,19,20);3-10,16H,(H2,15,17,18);;1H2/q;;+1;/p-1. The molecule has 0 aromatic heterocycles. The van der Waals surface area contributed by atoms with Crippen molar-refractivity contribution in [1.82, 2.24) is 0 Å². The Morgan fingerprint density at radius 1 is 0.605 bits per heavy atom. The summed E-state index contributed by atoms with van der Waals surface area (Å²) in [6, 6.07) is 25.2. The third-order valence-corrected chi connectivity index (χ3v) is 6.91. The summed E-state index contributed by atoms with van der Waals surface area (Å²) in [5.41, 5.74) is 2.84. The molecule has 4 aromatic rings. The maximum absolute atomic E-state index is 11.1. The zero-order chi connectivity index (χ0) is 30.0. The van der Waals surface area contributed by atoms with Crippen LogP contribution in [-0.2, 0) is 24.8 Å². The fourth-order valence-electron chi connectivity index (χ4n) is 3.06. The minimum absolute atomic E-state index is 0. The van der Waals surface area contributed by atoms with Gasteiger partial charge in [0.2, 0.25) is 20.0 Å². The predicted molar refractivity (Wildman–Crippen MR) is 155 cm³/mol. The molecule has 0 saturated heterocycles. The van der Waals surface area contributed by atoms with E-state index in [4.69, 9.17) is 20.1 Å². The zero-order valence-corrected chi connectivity index (χ0v) is 26.7. The molecule has 216 valence electrons. The number of sulfonamides is 2. The summed E-state index contributed by atoms with van der Waals surface area (Å²) in [4.78, 5) is 10.9. The number of ether oxygens (including phenoxy) is 1. The molecule has 0 heterocycles. The molecule has 0 amide bonds. The molecule has 0 saturated carbocycles. The molecule has 6 N–H and O–H groups in total. The molecule has 0 atom stereocenters. The van der Waals surface area contributed by atoms with Gasteiger partial charge in [0, 0.05) is 29.2 Å². The number of hydrogen-bond donors (Lipinski definition) is 3. The summed E-state index contributed by atoms with van der Waals surface area (Å²) >= 11 is 0. The van der Waals surface area contributed by atoms with Crippen molar-refractivity contribution in [2.45, 2.75) is 16.7 Å². The number of nitrogens with two attached hydrogens (primary N) is 2. The zero-order valence-electron chi connectivity index (χ0n) is 23.1. The Balaban J connectivity index is 0.000000415. The Hall–Kier alpha value is -3.95. The number of primary sulfonamides is 2. The van der Waals surface area contributed by atoms with Crippen LogP contribution in [0.2, 0.25) is 0 Å². The summed E-state index contributed by atoms with van der Waals surface area (Å²) in [5, 5.41) is 19.2. The molecule has 0 aliphatic heterocycles. The Morgan fingerprint density at radius 3 is 1.16 bits per heavy atom. The fourth-order valence-corrected chi connectivity index (χ4v) is 4.09. The van der Waals surface area contributed by atoms with E-state index in [1.165, 1.54) is 31.2 Å². The van der Waals surface area contributed by atoms with Gasteiger partial charge in [0.25, 0.3) is 0 Å². The summed E-state index contributed by atoms with van der Waals surface area (Å²) in [5.74, 6) is 11.9. The first-order valence-corrected chi connectivity index (χ1v) is 14.8. The number of carbonyl (C=O) groups excluding carboxylic acids is 1. The molecular weight excluding hydrogens is 603 g/mol. The van der Waals surface area contributed by atoms with Gasteiger partial charge in [0.15, 0.2) is 0 Å². The van der Waals surface area contributed by atoms with Crippen molar-refractivity contribution in [3.63, 3.8) is 0 Å². The monoisotopic (exact) mass is 628 g/mol. The van der Waals surface area contributed by atoms with E-state index < -0.39 is 20.0 Å². The number of hydrogen-bond acceptors (Lipinski definition) is 8. The van der Waals surface area contributed by atoms with Crippen molar-refractivity contribution in [3.05, 3.63) is 119 Å². The van der Waals surface area contributed by atoms with Gasteiger partial charge in [-0.05, 0) is 97.1 Å². The van der Waals surface area contributed by atoms with E-state index in [1.54, 1.807) is 72.8 Å². The molecule has 0 aliphatic rings. The summed E-state index contributed by atoms with van der Waals surface area (Å²) in [6.45, 7) is 1.33. The molecule has 0 fully saturated rings. The van der Waals surface area contributed by atoms with Gasteiger partial charge in [-0.15, -0.1) is 0 Å². The van der Waals surface area contributed by atoms with Gasteiger partial charge in [-0.3, -0.25) is 4.79 Å². The maximum Gasteiger partial charge on any atom is 1.00 e. The largest absolute Gasteiger partial charge is 1.00 e. The molecular formula is C30H25N2NaO8S2. The SMILES string of the molecule is CC(=O)Oc1ccc(C#Cc2ccc(S(N)(=O)=O)cc2)cc1.NS(=O)(=O)c1ccc(C#Cc2ccc(O)cc2)cc1.[Na+].[OH-]. The second-order valence-electron chi connectivity index (χ2n) is 8.30. The predicted octanol–water partition coefficient (Wildman–Crippen LogP) is -0.0743. The minimum Gasteiger partial charge on any atom is -0.870 e. The number of phenolic OH excluding ortho intramolecular Hbond substituents is 1. The molecule has 0 aliphatic carbocycles. The molecule has 10 nitrogen and oxygen atoms in total. The van der Waals surface area contributed by atoms with Crippen LogP contribution >= 0.6 is 0 Å². The Kier molecular flexibility index (Phi) is 14.3. The molecule has 13 heteroatoms. The third-order valence-electron chi connectivity index (χ3n) is 5.05. The normalized spacial score (nSPS) is 10.0. The van der Waals surface area contributed by atoms with Crippen molar-refractivity contribution in [2.24, 2.45) is 10.3 Å². The van der Waals surface area contributed by atoms with Crippen molar-refractivity contribution >= 4 is 26.0 Å². The Morgan fingerprint density at radius 2 is 0.884 bits per heavy atom. The van der Waals surface area contributed by atoms with E-state index in [1.807, 2.05) is 0 Å². The first-order chi connectivity index (χ1) is 19.3. The van der Waals surface area contributed by atoms with E-state index in [0.717, 1.165) is 11.1 Å². The third kappa shape index (κ3) is 12.8. The van der Waals surface area contributed by atoms with Gasteiger partial charge in [-0.2, -0.15) is 0 Å². The number of phenols is 1. The average Bonchev–Trinajstić information content (AvgIpc) is 2.92. The van der Waals surface area contributed by atoms with Crippen molar-refractivity contribution in [1.29, 1.82) is 0 Å². The summed E-state index contributed by atoms with van der Waals surface area (Å²) < 4.78 is 49.3. The Labute approximate surface area is 272 Å². The van der Waals surface area contributed by atoms with Gasteiger partial charge in [0.1, 0.15) is 11.5 Å². The maximum atomic E-state index is 11.1. The van der Waals surface area contributed by atoms with E-state index in [9.17, 15) is 21.6 Å². The molecule has 0 spiro atoms. The minimum atomic E-state index is -3.69. The quantitative estimate of drug-likeness (QED) is 0.121. The van der Waals surface area contributed by atoms with Crippen LogP contribution in [0.1, 0.15) is 29.2 Å². The molecule has 0 unspecified atom stereocenters. The van der Waals surface area contributed by atoms with Crippen LogP contribution in [0.5, 0.6) is 11.5 Å². The van der Waals surface area contributed by atoms with Gasteiger partial charge in [0.05, 0.1) is 9.79 Å². The van der Waals surface area contributed by atoms with Crippen LogP contribution in [-0.4, -0.2) is 33.4 Å². The first kappa shape index (κ1) is 37.1. The van der Waals surface area contributed by atoms with Crippen LogP contribution in [0.3, 0.4) is 0 Å². The van der Waals surface area contributed by atoms with Crippen LogP contribution in [0.4, 0.5) is 0 Å². The molecule has 0 radical (unpaired) electrons. The fraction of sp³-hybridized carbons (Fsp3) is 0.0333. The molecule has 43 heavy (non-hydrogen) atoms. The van der Waals surface area contributed by atoms with E-state index >= 15 is 0 Å². The summed E-state index contributed by atoms with van der Waals surface area (Å²) in [7, 11) is -7.36. The van der Waals surface area contributed by atoms with Crippen molar-refractivity contribution in [3.8, 4) is 35.2 Å². The first-order valence-electron chi connectivity index (χ1n) is 11.7. The molecule has 0 bridgehead atoms. The van der Waals surface area contributed by atoms with Crippen LogP contribution in [0.15, 0.2) is 107 Å². The van der Waals surface area contributed by atoms with Crippen LogP contribution < -0.4 is 44.6 Å². The number of rotatable bonds is 3. The average molecular weight is 629 g/mol. The number of esters is 1. The molecule has 4 aromatic carbocycles. The second-order valence-corrected chi connectivity index (χ2v) is 11.4. The Bertz CT molecular complexity index is 1870. The van der Waals surface area contributed by atoms with E-state index in [0.29, 0.717) is 16.9 Å². The van der Waals surface area contributed by atoms with E-state index in [-0.39, 0.29) is 56.5 Å². The number of aromatic hydroxyl groups is 1. The number of carbonyl (C=O) groups is 1. The molecule has 4 rings (SSSR count). The van der Waals surface area contributed by atoms with Crippen LogP contribution in [0, 0.1) is 23.7 Å². The number of benzene rings is 4. The van der Waals surface area contributed by atoms with Gasteiger partial charge >= 0.3 is 35.5 Å². The second kappa shape index (κ2) is 16.6.